The van der Waals surface area contributed by atoms with Crippen molar-refractivity contribution in [3.8, 4) is 17.0 Å². The van der Waals surface area contributed by atoms with Gasteiger partial charge >= 0.3 is 0 Å². The first kappa shape index (κ1) is 15.4. The minimum absolute atomic E-state index is 0. The summed E-state index contributed by atoms with van der Waals surface area (Å²) >= 11 is 0. The molecule has 1 heterocycles. The molecule has 2 aromatic rings. The van der Waals surface area contributed by atoms with E-state index >= 15 is 0 Å². The Labute approximate surface area is 119 Å². The van der Waals surface area contributed by atoms with Crippen LogP contribution in [0.1, 0.15) is 19.8 Å². The monoisotopic (exact) mass is 279 g/mol. The van der Waals surface area contributed by atoms with Gasteiger partial charge in [0.2, 0.25) is 0 Å². The van der Waals surface area contributed by atoms with Crippen molar-refractivity contribution in [1.82, 2.24) is 9.97 Å². The molecule has 0 bridgehead atoms. The van der Waals surface area contributed by atoms with Gasteiger partial charge in [-0.15, -0.1) is 12.4 Å². The fraction of sp³-hybridized carbons (Fsp3) is 0.286. The van der Waals surface area contributed by atoms with Crippen molar-refractivity contribution >= 4 is 12.4 Å². The van der Waals surface area contributed by atoms with Gasteiger partial charge in [-0.3, -0.25) is 5.73 Å². The van der Waals surface area contributed by atoms with Crippen LogP contribution in [0, 0.1) is 0 Å². The van der Waals surface area contributed by atoms with Crippen LogP contribution in [0.25, 0.3) is 11.3 Å². The van der Waals surface area contributed by atoms with E-state index in [0.717, 1.165) is 29.8 Å². The van der Waals surface area contributed by atoms with E-state index in [-0.39, 0.29) is 18.6 Å². The van der Waals surface area contributed by atoms with E-state index in [2.05, 4.69) is 16.9 Å². The van der Waals surface area contributed by atoms with Crippen LogP contribution in [-0.4, -0.2) is 16.2 Å². The third kappa shape index (κ3) is 4.50. The molecule has 1 aromatic heterocycles. The Balaban J connectivity index is 0.00000180. The van der Waals surface area contributed by atoms with Gasteiger partial charge in [0.15, 0.2) is 0 Å². The maximum Gasteiger partial charge on any atom is 0.147 e. The second-order valence-electron chi connectivity index (χ2n) is 4.06. The number of nitrogens with zero attached hydrogens (tertiary/aromatic N) is 2. The van der Waals surface area contributed by atoms with Crippen LogP contribution in [0.3, 0.4) is 0 Å². The standard InChI is InChI=1S/C14H17N3O.ClH/c1-2-3-14(15)18-12-6-4-11(5-7-12)13-8-9-16-10-17-13;/h4-10,14H,2-3,15H2,1H3;1H. The van der Waals surface area contributed by atoms with Crippen molar-refractivity contribution in [3.63, 3.8) is 0 Å². The van der Waals surface area contributed by atoms with Crippen LogP contribution < -0.4 is 10.5 Å². The lowest BCUT2D eigenvalue weighted by Gasteiger charge is -2.13. The van der Waals surface area contributed by atoms with Gasteiger partial charge in [0.25, 0.3) is 0 Å². The van der Waals surface area contributed by atoms with Gasteiger partial charge in [-0.2, -0.15) is 0 Å². The molecule has 5 heteroatoms. The van der Waals surface area contributed by atoms with Crippen molar-refractivity contribution in [2.24, 2.45) is 5.73 Å². The van der Waals surface area contributed by atoms with E-state index < -0.39 is 0 Å². The first-order valence-corrected chi connectivity index (χ1v) is 6.08. The van der Waals surface area contributed by atoms with Crippen LogP contribution >= 0.6 is 12.4 Å². The van der Waals surface area contributed by atoms with Gasteiger partial charge in [-0.1, -0.05) is 13.3 Å². The van der Waals surface area contributed by atoms with Crippen LogP contribution in [0.2, 0.25) is 0 Å². The molecule has 0 fully saturated rings. The third-order valence-corrected chi connectivity index (χ3v) is 2.59. The van der Waals surface area contributed by atoms with Crippen LogP contribution in [0.4, 0.5) is 0 Å². The highest BCUT2D eigenvalue weighted by Crippen LogP contribution is 2.20. The molecule has 0 amide bonds. The molecule has 1 unspecified atom stereocenters. The molecule has 19 heavy (non-hydrogen) atoms. The lowest BCUT2D eigenvalue weighted by molar-refractivity contribution is 0.198. The lowest BCUT2D eigenvalue weighted by Crippen LogP contribution is -2.26. The molecule has 4 nitrogen and oxygen atoms in total. The highest BCUT2D eigenvalue weighted by Gasteiger charge is 2.03. The average molecular weight is 280 g/mol. The quantitative estimate of drug-likeness (QED) is 0.855. The summed E-state index contributed by atoms with van der Waals surface area (Å²) < 4.78 is 5.59. The molecule has 2 rings (SSSR count). The zero-order valence-electron chi connectivity index (χ0n) is 10.8. The topological polar surface area (TPSA) is 61.0 Å². The highest BCUT2D eigenvalue weighted by molar-refractivity contribution is 5.85. The number of benzene rings is 1. The van der Waals surface area contributed by atoms with Crippen LogP contribution in [0.5, 0.6) is 5.75 Å². The van der Waals surface area contributed by atoms with Gasteiger partial charge in [0.05, 0.1) is 5.69 Å². The molecule has 0 saturated heterocycles. The van der Waals surface area contributed by atoms with E-state index in [1.54, 1.807) is 6.20 Å². The molecular formula is C14H18ClN3O. The Morgan fingerprint density at radius 3 is 2.53 bits per heavy atom. The minimum atomic E-state index is -0.236. The normalized spacial score (nSPS) is 11.5. The molecule has 0 saturated carbocycles. The summed E-state index contributed by atoms with van der Waals surface area (Å²) in [5.74, 6) is 0.786. The Bertz CT molecular complexity index is 476. The first-order chi connectivity index (χ1) is 8.79. The first-order valence-electron chi connectivity index (χ1n) is 6.08. The van der Waals surface area contributed by atoms with Crippen LogP contribution in [0.15, 0.2) is 42.9 Å². The molecule has 1 aromatic carbocycles. The number of hydrogen-bond donors (Lipinski definition) is 1. The SMILES string of the molecule is CCCC(N)Oc1ccc(-c2ccncn2)cc1.Cl. The van der Waals surface area contributed by atoms with E-state index in [1.165, 1.54) is 6.33 Å². The Morgan fingerprint density at radius 1 is 1.21 bits per heavy atom. The highest BCUT2D eigenvalue weighted by atomic mass is 35.5. The van der Waals surface area contributed by atoms with Gasteiger partial charge in [-0.25, -0.2) is 9.97 Å². The smallest absolute Gasteiger partial charge is 0.147 e. The molecule has 0 radical (unpaired) electrons. The summed E-state index contributed by atoms with van der Waals surface area (Å²) in [6.07, 6.45) is 4.90. The van der Waals surface area contributed by atoms with Crippen molar-refractivity contribution in [2.75, 3.05) is 0 Å². The average Bonchev–Trinajstić information content (AvgIpc) is 2.41. The maximum atomic E-state index is 5.82. The predicted octanol–water partition coefficient (Wildman–Crippen LogP) is 3.03. The van der Waals surface area contributed by atoms with Crippen molar-refractivity contribution < 1.29 is 4.74 Å². The molecule has 2 N–H and O–H groups in total. The Hall–Kier alpha value is -1.65. The summed E-state index contributed by atoms with van der Waals surface area (Å²) in [5.41, 5.74) is 7.76. The number of ether oxygens (including phenoxy) is 1. The Morgan fingerprint density at radius 2 is 1.95 bits per heavy atom. The van der Waals surface area contributed by atoms with E-state index in [9.17, 15) is 0 Å². The molecule has 0 aliphatic heterocycles. The summed E-state index contributed by atoms with van der Waals surface area (Å²) in [5, 5.41) is 0. The molecule has 1 atom stereocenters. The third-order valence-electron chi connectivity index (χ3n) is 2.59. The number of aromatic nitrogens is 2. The fourth-order valence-electron chi connectivity index (χ4n) is 1.68. The zero-order chi connectivity index (χ0) is 12.8. The van der Waals surface area contributed by atoms with Crippen molar-refractivity contribution in [2.45, 2.75) is 26.0 Å². The summed E-state index contributed by atoms with van der Waals surface area (Å²) in [4.78, 5) is 8.09. The minimum Gasteiger partial charge on any atom is -0.476 e. The molecule has 0 aliphatic carbocycles. The molecule has 0 aliphatic rings. The Kier molecular flexibility index (Phi) is 6.25. The summed E-state index contributed by atoms with van der Waals surface area (Å²) in [6.45, 7) is 2.08. The zero-order valence-corrected chi connectivity index (χ0v) is 11.6. The number of halogens is 1. The fourth-order valence-corrected chi connectivity index (χ4v) is 1.68. The van der Waals surface area contributed by atoms with E-state index in [0.29, 0.717) is 0 Å². The molecule has 102 valence electrons. The van der Waals surface area contributed by atoms with Gasteiger partial charge in [0, 0.05) is 11.8 Å². The van der Waals surface area contributed by atoms with Gasteiger partial charge in [0.1, 0.15) is 18.3 Å². The summed E-state index contributed by atoms with van der Waals surface area (Å²) in [6, 6.07) is 9.63. The number of nitrogens with two attached hydrogens (primary N) is 1. The van der Waals surface area contributed by atoms with Crippen LogP contribution in [-0.2, 0) is 0 Å². The van der Waals surface area contributed by atoms with Gasteiger partial charge in [-0.05, 0) is 36.8 Å². The molecule has 0 spiro atoms. The van der Waals surface area contributed by atoms with Crippen molar-refractivity contribution in [3.05, 3.63) is 42.9 Å². The molecular weight excluding hydrogens is 262 g/mol. The summed E-state index contributed by atoms with van der Waals surface area (Å²) in [7, 11) is 0. The largest absolute Gasteiger partial charge is 0.476 e. The lowest BCUT2D eigenvalue weighted by atomic mass is 10.1. The number of hydrogen-bond acceptors (Lipinski definition) is 4. The van der Waals surface area contributed by atoms with Crippen molar-refractivity contribution in [1.29, 1.82) is 0 Å². The maximum absolute atomic E-state index is 5.82. The predicted molar refractivity (Wildman–Crippen MR) is 78.2 cm³/mol. The number of rotatable bonds is 5. The second-order valence-corrected chi connectivity index (χ2v) is 4.06. The second kappa shape index (κ2) is 7.71. The van der Waals surface area contributed by atoms with E-state index in [1.807, 2.05) is 30.3 Å². The van der Waals surface area contributed by atoms with Gasteiger partial charge < -0.3 is 4.74 Å². The van der Waals surface area contributed by atoms with E-state index in [4.69, 9.17) is 10.5 Å².